The largest absolute Gasteiger partial charge is 0.368 e. The van der Waals surface area contributed by atoms with Crippen LogP contribution in [0.15, 0.2) is 0 Å². The van der Waals surface area contributed by atoms with Gasteiger partial charge in [0.25, 0.3) is 0 Å². The predicted molar refractivity (Wildman–Crippen MR) is 75.0 cm³/mol. The Bertz CT molecular complexity index is 285. The average Bonchev–Trinajstić information content (AvgIpc) is 3.00. The highest BCUT2D eigenvalue weighted by Gasteiger charge is 2.36. The van der Waals surface area contributed by atoms with Crippen molar-refractivity contribution in [2.75, 3.05) is 6.54 Å². The number of rotatable bonds is 8. The number of primary amides is 1. The molecule has 2 atom stereocenters. The van der Waals surface area contributed by atoms with Gasteiger partial charge < -0.3 is 11.5 Å². The summed E-state index contributed by atoms with van der Waals surface area (Å²) in [5, 5.41) is 0. The average molecular weight is 255 g/mol. The maximum Gasteiger partial charge on any atom is 0.237 e. The van der Waals surface area contributed by atoms with E-state index in [0.29, 0.717) is 24.4 Å². The molecule has 0 aromatic carbocycles. The van der Waals surface area contributed by atoms with Crippen LogP contribution in [0.25, 0.3) is 0 Å². The first-order valence-electron chi connectivity index (χ1n) is 7.08. The van der Waals surface area contributed by atoms with Crippen LogP contribution >= 0.6 is 0 Å². The molecule has 1 rings (SSSR count). The summed E-state index contributed by atoms with van der Waals surface area (Å²) in [4.78, 5) is 13.8. The van der Waals surface area contributed by atoms with Gasteiger partial charge in [0.2, 0.25) is 5.91 Å². The van der Waals surface area contributed by atoms with Crippen LogP contribution in [0.3, 0.4) is 0 Å². The molecule has 0 bridgehead atoms. The smallest absolute Gasteiger partial charge is 0.237 e. The van der Waals surface area contributed by atoms with E-state index < -0.39 is 11.4 Å². The van der Waals surface area contributed by atoms with Gasteiger partial charge in [0.15, 0.2) is 0 Å². The highest BCUT2D eigenvalue weighted by molar-refractivity contribution is 5.83. The molecular formula is C14H29N3O. The van der Waals surface area contributed by atoms with Crippen molar-refractivity contribution in [2.24, 2.45) is 17.4 Å². The first-order chi connectivity index (χ1) is 8.24. The predicted octanol–water partition coefficient (Wildman–Crippen LogP) is 1.48. The fourth-order valence-corrected chi connectivity index (χ4v) is 2.41. The molecule has 106 valence electrons. The Morgan fingerprint density at radius 1 is 1.39 bits per heavy atom. The molecule has 0 radical (unpaired) electrons. The van der Waals surface area contributed by atoms with Crippen LogP contribution in [0, 0.1) is 5.92 Å². The van der Waals surface area contributed by atoms with E-state index >= 15 is 0 Å². The number of carbonyl (C=O) groups excluding carboxylic acids is 1. The summed E-state index contributed by atoms with van der Waals surface area (Å²) >= 11 is 0. The van der Waals surface area contributed by atoms with Crippen molar-refractivity contribution in [3.8, 4) is 0 Å². The molecule has 0 heterocycles. The summed E-state index contributed by atoms with van der Waals surface area (Å²) < 4.78 is 0. The summed E-state index contributed by atoms with van der Waals surface area (Å²) in [6.45, 7) is 9.48. The van der Waals surface area contributed by atoms with Gasteiger partial charge in [-0.05, 0) is 52.0 Å². The second-order valence-corrected chi connectivity index (χ2v) is 6.49. The van der Waals surface area contributed by atoms with E-state index in [1.807, 2.05) is 0 Å². The molecule has 1 amide bonds. The summed E-state index contributed by atoms with van der Waals surface area (Å²) in [5.74, 6) is 0.299. The molecule has 1 saturated carbocycles. The van der Waals surface area contributed by atoms with Gasteiger partial charge >= 0.3 is 0 Å². The van der Waals surface area contributed by atoms with Crippen LogP contribution in [-0.2, 0) is 4.79 Å². The molecule has 4 nitrogen and oxygen atoms in total. The molecule has 1 aliphatic carbocycles. The highest BCUT2D eigenvalue weighted by Crippen LogP contribution is 2.31. The lowest BCUT2D eigenvalue weighted by Gasteiger charge is -2.34. The highest BCUT2D eigenvalue weighted by atomic mass is 16.1. The van der Waals surface area contributed by atoms with Crippen molar-refractivity contribution in [1.29, 1.82) is 0 Å². The summed E-state index contributed by atoms with van der Waals surface area (Å²) in [6, 6.07) is 1.01. The van der Waals surface area contributed by atoms with Gasteiger partial charge in [0.1, 0.15) is 0 Å². The number of hydrogen-bond acceptors (Lipinski definition) is 3. The molecule has 18 heavy (non-hydrogen) atoms. The molecule has 4 N–H and O–H groups in total. The third kappa shape index (κ3) is 4.58. The van der Waals surface area contributed by atoms with E-state index in [2.05, 4.69) is 25.7 Å². The topological polar surface area (TPSA) is 72.3 Å². The molecule has 0 aliphatic heterocycles. The number of amides is 1. The van der Waals surface area contributed by atoms with Crippen molar-refractivity contribution in [1.82, 2.24) is 4.90 Å². The third-order valence-corrected chi connectivity index (χ3v) is 3.83. The summed E-state index contributed by atoms with van der Waals surface area (Å²) in [6.07, 6.45) is 4.39. The number of nitrogens with two attached hydrogens (primary N) is 2. The van der Waals surface area contributed by atoms with E-state index in [0.717, 1.165) is 6.54 Å². The fourth-order valence-electron chi connectivity index (χ4n) is 2.41. The van der Waals surface area contributed by atoms with E-state index in [1.165, 1.54) is 19.3 Å². The molecule has 4 heteroatoms. The monoisotopic (exact) mass is 255 g/mol. The molecule has 0 spiro atoms. The zero-order chi connectivity index (χ0) is 13.9. The summed E-state index contributed by atoms with van der Waals surface area (Å²) in [7, 11) is 0. The minimum atomic E-state index is -0.898. The van der Waals surface area contributed by atoms with E-state index in [-0.39, 0.29) is 0 Å². The third-order valence-electron chi connectivity index (χ3n) is 3.83. The molecule has 1 aliphatic rings. The van der Waals surface area contributed by atoms with E-state index in [1.54, 1.807) is 6.92 Å². The number of carbonyl (C=O) groups is 1. The van der Waals surface area contributed by atoms with Gasteiger partial charge in [-0.25, -0.2) is 0 Å². The van der Waals surface area contributed by atoms with Gasteiger partial charge in [-0.15, -0.1) is 0 Å². The second-order valence-electron chi connectivity index (χ2n) is 6.49. The van der Waals surface area contributed by atoms with Crippen molar-refractivity contribution in [3.63, 3.8) is 0 Å². The lowest BCUT2D eigenvalue weighted by Crippen LogP contribution is -2.53. The first-order valence-corrected chi connectivity index (χ1v) is 7.08. The number of nitrogens with zero attached hydrogens (tertiary/aromatic N) is 1. The van der Waals surface area contributed by atoms with Crippen LogP contribution in [0.4, 0.5) is 0 Å². The zero-order valence-corrected chi connectivity index (χ0v) is 12.3. The molecule has 0 aromatic rings. The van der Waals surface area contributed by atoms with Crippen LogP contribution in [0.2, 0.25) is 0 Å². The van der Waals surface area contributed by atoms with Crippen molar-refractivity contribution < 1.29 is 4.79 Å². The minimum Gasteiger partial charge on any atom is -0.368 e. The van der Waals surface area contributed by atoms with Crippen molar-refractivity contribution in [2.45, 2.75) is 71.0 Å². The van der Waals surface area contributed by atoms with Gasteiger partial charge in [-0.3, -0.25) is 9.69 Å². The quantitative estimate of drug-likeness (QED) is 0.690. The molecule has 1 fully saturated rings. The minimum absolute atomic E-state index is 0.318. The standard InChI is InChI=1S/C14H29N3O/c1-10(2)7-8-17(12-5-6-12)11(3)9-14(4,16)13(15)18/h10-12H,5-9,16H2,1-4H3,(H2,15,18). The Kier molecular flexibility index (Phi) is 5.17. The normalized spacial score (nSPS) is 21.1. The Balaban J connectivity index is 2.54. The van der Waals surface area contributed by atoms with Crippen molar-refractivity contribution in [3.05, 3.63) is 0 Å². The Morgan fingerprint density at radius 3 is 2.33 bits per heavy atom. The van der Waals surface area contributed by atoms with Gasteiger partial charge in [0, 0.05) is 12.1 Å². The SMILES string of the molecule is CC(C)CCN(C(C)CC(C)(N)C(N)=O)C1CC1. The fraction of sp³-hybridized carbons (Fsp3) is 0.929. The van der Waals surface area contributed by atoms with Crippen molar-refractivity contribution >= 4 is 5.91 Å². The number of hydrogen-bond donors (Lipinski definition) is 2. The van der Waals surface area contributed by atoms with E-state index in [4.69, 9.17) is 11.5 Å². The molecule has 0 saturated heterocycles. The Labute approximate surface area is 111 Å². The zero-order valence-electron chi connectivity index (χ0n) is 12.3. The molecule has 0 aromatic heterocycles. The van der Waals surface area contributed by atoms with E-state index in [9.17, 15) is 4.79 Å². The maximum absolute atomic E-state index is 11.3. The lowest BCUT2D eigenvalue weighted by molar-refractivity contribution is -0.123. The Hall–Kier alpha value is -0.610. The van der Waals surface area contributed by atoms with Crippen LogP contribution < -0.4 is 11.5 Å². The summed E-state index contributed by atoms with van der Waals surface area (Å²) in [5.41, 5.74) is 10.4. The molecular weight excluding hydrogens is 226 g/mol. The lowest BCUT2D eigenvalue weighted by atomic mass is 9.93. The first kappa shape index (κ1) is 15.4. The maximum atomic E-state index is 11.3. The van der Waals surface area contributed by atoms with Gasteiger partial charge in [0.05, 0.1) is 5.54 Å². The second kappa shape index (κ2) is 6.02. The van der Waals surface area contributed by atoms with Crippen LogP contribution in [-0.4, -0.2) is 35.0 Å². The van der Waals surface area contributed by atoms with Crippen LogP contribution in [0.5, 0.6) is 0 Å². The van der Waals surface area contributed by atoms with Crippen LogP contribution in [0.1, 0.15) is 53.4 Å². The van der Waals surface area contributed by atoms with Gasteiger partial charge in [-0.2, -0.15) is 0 Å². The van der Waals surface area contributed by atoms with Gasteiger partial charge in [-0.1, -0.05) is 13.8 Å². The molecule has 2 unspecified atom stereocenters. The Morgan fingerprint density at radius 2 is 1.94 bits per heavy atom.